The average molecular weight is 306 g/mol. The van der Waals surface area contributed by atoms with Gasteiger partial charge in [0.1, 0.15) is 17.3 Å². The van der Waals surface area contributed by atoms with E-state index in [9.17, 15) is 0 Å². The maximum Gasteiger partial charge on any atom is 0.122 e. The van der Waals surface area contributed by atoms with Crippen LogP contribution in [0.1, 0.15) is 22.3 Å². The quantitative estimate of drug-likeness (QED) is 0.861. The molecular weight excluding hydrogens is 290 g/mol. The van der Waals surface area contributed by atoms with E-state index in [0.717, 1.165) is 22.4 Å². The predicted octanol–water partition coefficient (Wildman–Crippen LogP) is 4.17. The Morgan fingerprint density at radius 1 is 1.25 bits per heavy atom. The van der Waals surface area contributed by atoms with E-state index in [0.29, 0.717) is 16.6 Å². The van der Waals surface area contributed by atoms with Gasteiger partial charge in [0.05, 0.1) is 0 Å². The maximum absolute atomic E-state index is 6.22. The Morgan fingerprint density at radius 2 is 2.00 bits per heavy atom. The van der Waals surface area contributed by atoms with Crippen LogP contribution < -0.4 is 10.5 Å². The van der Waals surface area contributed by atoms with Crippen molar-refractivity contribution in [2.45, 2.75) is 20.5 Å². The van der Waals surface area contributed by atoms with Crippen molar-refractivity contribution < 1.29 is 4.74 Å². The second-order valence-corrected chi connectivity index (χ2v) is 5.50. The van der Waals surface area contributed by atoms with Crippen LogP contribution in [0.15, 0.2) is 36.4 Å². The summed E-state index contributed by atoms with van der Waals surface area (Å²) in [6.07, 6.45) is 0. The van der Waals surface area contributed by atoms with Crippen molar-refractivity contribution in [1.82, 2.24) is 0 Å². The summed E-state index contributed by atoms with van der Waals surface area (Å²) in [6.45, 7) is 4.52. The smallest absolute Gasteiger partial charge is 0.122 e. The van der Waals surface area contributed by atoms with Gasteiger partial charge in [-0.3, -0.25) is 0 Å². The summed E-state index contributed by atoms with van der Waals surface area (Å²) in [5.41, 5.74) is 9.60. The molecule has 0 aliphatic carbocycles. The second-order valence-electron chi connectivity index (χ2n) is 4.66. The number of ether oxygens (including phenoxy) is 1. The number of aryl methyl sites for hydroxylation is 1. The highest BCUT2D eigenvalue weighted by molar-refractivity contribution is 7.80. The Bertz CT molecular complexity index is 655. The van der Waals surface area contributed by atoms with Gasteiger partial charge in [0.2, 0.25) is 0 Å². The van der Waals surface area contributed by atoms with Gasteiger partial charge in [-0.2, -0.15) is 0 Å². The van der Waals surface area contributed by atoms with Gasteiger partial charge in [0.15, 0.2) is 0 Å². The molecule has 0 amide bonds. The third-order valence-corrected chi connectivity index (χ3v) is 3.86. The molecule has 2 aromatic carbocycles. The van der Waals surface area contributed by atoms with Gasteiger partial charge in [-0.15, -0.1) is 0 Å². The summed E-state index contributed by atoms with van der Waals surface area (Å²) >= 11 is 11.1. The van der Waals surface area contributed by atoms with Crippen LogP contribution in [0.3, 0.4) is 0 Å². The first-order valence-corrected chi connectivity index (χ1v) is 7.05. The van der Waals surface area contributed by atoms with E-state index in [2.05, 4.69) is 13.0 Å². The number of hydrogen-bond donors (Lipinski definition) is 1. The number of thiocarbonyl (C=S) groups is 1. The SMILES string of the molecule is Cc1cccc(OCc2ccc(C(N)=S)cc2Cl)c1C. The monoisotopic (exact) mass is 305 g/mol. The molecule has 0 saturated heterocycles. The molecule has 0 aliphatic rings. The van der Waals surface area contributed by atoms with E-state index in [-0.39, 0.29) is 0 Å². The van der Waals surface area contributed by atoms with Crippen molar-refractivity contribution >= 4 is 28.8 Å². The largest absolute Gasteiger partial charge is 0.489 e. The van der Waals surface area contributed by atoms with Crippen LogP contribution in [-0.4, -0.2) is 4.99 Å². The Morgan fingerprint density at radius 3 is 2.65 bits per heavy atom. The zero-order valence-electron chi connectivity index (χ0n) is 11.4. The van der Waals surface area contributed by atoms with Crippen molar-refractivity contribution in [3.63, 3.8) is 0 Å². The summed E-state index contributed by atoms with van der Waals surface area (Å²) in [4.78, 5) is 0.342. The molecular formula is C16H16ClNOS. The molecule has 0 heterocycles. The molecule has 0 radical (unpaired) electrons. The minimum atomic E-state index is 0.342. The molecule has 4 heteroatoms. The van der Waals surface area contributed by atoms with Gasteiger partial charge in [0.25, 0.3) is 0 Å². The highest BCUT2D eigenvalue weighted by Gasteiger charge is 2.06. The first kappa shape index (κ1) is 14.8. The van der Waals surface area contributed by atoms with E-state index in [1.807, 2.05) is 31.2 Å². The minimum absolute atomic E-state index is 0.342. The van der Waals surface area contributed by atoms with Gasteiger partial charge in [-0.25, -0.2) is 0 Å². The van der Waals surface area contributed by atoms with Gasteiger partial charge in [0, 0.05) is 16.1 Å². The summed E-state index contributed by atoms with van der Waals surface area (Å²) in [5.74, 6) is 0.875. The van der Waals surface area contributed by atoms with E-state index >= 15 is 0 Å². The molecule has 0 fully saturated rings. The molecule has 0 saturated carbocycles. The van der Waals surface area contributed by atoms with Gasteiger partial charge < -0.3 is 10.5 Å². The number of halogens is 1. The zero-order valence-corrected chi connectivity index (χ0v) is 13.0. The van der Waals surface area contributed by atoms with Crippen LogP contribution in [-0.2, 0) is 6.61 Å². The van der Waals surface area contributed by atoms with Gasteiger partial charge in [-0.1, -0.05) is 48.1 Å². The van der Waals surface area contributed by atoms with E-state index < -0.39 is 0 Å². The first-order chi connectivity index (χ1) is 9.49. The van der Waals surface area contributed by atoms with Crippen molar-refractivity contribution in [2.24, 2.45) is 5.73 Å². The van der Waals surface area contributed by atoms with E-state index in [4.69, 9.17) is 34.3 Å². The molecule has 2 N–H and O–H groups in total. The average Bonchev–Trinajstić information content (AvgIpc) is 2.41. The summed E-state index contributed by atoms with van der Waals surface area (Å²) in [7, 11) is 0. The predicted molar refractivity (Wildman–Crippen MR) is 87.6 cm³/mol. The fourth-order valence-corrected chi connectivity index (χ4v) is 2.22. The third-order valence-electron chi connectivity index (χ3n) is 3.28. The van der Waals surface area contributed by atoms with Crippen LogP contribution >= 0.6 is 23.8 Å². The van der Waals surface area contributed by atoms with Crippen LogP contribution in [0, 0.1) is 13.8 Å². The molecule has 0 bridgehead atoms. The highest BCUT2D eigenvalue weighted by Crippen LogP contribution is 2.24. The Hall–Kier alpha value is -1.58. The molecule has 104 valence electrons. The standard InChI is InChI=1S/C16H16ClNOS/c1-10-4-3-5-15(11(10)2)19-9-13-7-6-12(16(18)20)8-14(13)17/h3-8H,9H2,1-2H3,(H2,18,20). The van der Waals surface area contributed by atoms with Crippen molar-refractivity contribution in [3.8, 4) is 5.75 Å². The number of hydrogen-bond acceptors (Lipinski definition) is 2. The second kappa shape index (κ2) is 6.25. The molecule has 0 unspecified atom stereocenters. The third kappa shape index (κ3) is 3.30. The Labute approximate surface area is 129 Å². The summed E-state index contributed by atoms with van der Waals surface area (Å²) in [6, 6.07) is 11.5. The molecule has 0 aromatic heterocycles. The highest BCUT2D eigenvalue weighted by atomic mass is 35.5. The van der Waals surface area contributed by atoms with Gasteiger partial charge in [-0.05, 0) is 37.1 Å². The zero-order chi connectivity index (χ0) is 14.7. The lowest BCUT2D eigenvalue weighted by atomic mass is 10.1. The normalized spacial score (nSPS) is 10.3. The molecule has 0 atom stereocenters. The van der Waals surface area contributed by atoms with Crippen LogP contribution in [0.25, 0.3) is 0 Å². The number of rotatable bonds is 4. The number of nitrogens with two attached hydrogens (primary N) is 1. The topological polar surface area (TPSA) is 35.2 Å². The van der Waals surface area contributed by atoms with E-state index in [1.54, 1.807) is 6.07 Å². The Balaban J connectivity index is 2.15. The number of benzene rings is 2. The molecule has 20 heavy (non-hydrogen) atoms. The molecule has 0 spiro atoms. The summed E-state index contributed by atoms with van der Waals surface area (Å²) < 4.78 is 5.84. The van der Waals surface area contributed by atoms with Crippen LogP contribution in [0.2, 0.25) is 5.02 Å². The minimum Gasteiger partial charge on any atom is -0.489 e. The Kier molecular flexibility index (Phi) is 4.63. The van der Waals surface area contributed by atoms with Crippen LogP contribution in [0.5, 0.6) is 5.75 Å². The molecule has 2 aromatic rings. The van der Waals surface area contributed by atoms with Crippen LogP contribution in [0.4, 0.5) is 0 Å². The maximum atomic E-state index is 6.22. The lowest BCUT2D eigenvalue weighted by molar-refractivity contribution is 0.304. The molecule has 2 nitrogen and oxygen atoms in total. The fourth-order valence-electron chi connectivity index (χ4n) is 1.85. The molecule has 2 rings (SSSR count). The summed E-state index contributed by atoms with van der Waals surface area (Å²) in [5, 5.41) is 0.612. The van der Waals surface area contributed by atoms with Crippen molar-refractivity contribution in [1.29, 1.82) is 0 Å². The first-order valence-electron chi connectivity index (χ1n) is 6.26. The molecule has 0 aliphatic heterocycles. The lowest BCUT2D eigenvalue weighted by Gasteiger charge is -2.12. The lowest BCUT2D eigenvalue weighted by Crippen LogP contribution is -2.09. The van der Waals surface area contributed by atoms with E-state index in [1.165, 1.54) is 5.56 Å². The van der Waals surface area contributed by atoms with Crippen molar-refractivity contribution in [2.75, 3.05) is 0 Å². The van der Waals surface area contributed by atoms with Gasteiger partial charge >= 0.3 is 0 Å². The fraction of sp³-hybridized carbons (Fsp3) is 0.188. The van der Waals surface area contributed by atoms with Crippen molar-refractivity contribution in [3.05, 3.63) is 63.7 Å².